The Kier molecular flexibility index (Phi) is 3.62. The summed E-state index contributed by atoms with van der Waals surface area (Å²) in [4.78, 5) is 0.295. The first kappa shape index (κ1) is 14.3. The van der Waals surface area contributed by atoms with Crippen LogP contribution in [-0.4, -0.2) is 14.5 Å². The van der Waals surface area contributed by atoms with Crippen LogP contribution in [0.1, 0.15) is 38.7 Å². The SMILES string of the molecule is Cc1cc(S(=O)(=O)NC2CCC(C)(C)C2)ccc1N. The predicted octanol–water partition coefficient (Wildman–Crippen LogP) is 2.43. The van der Waals surface area contributed by atoms with E-state index in [1.807, 2.05) is 6.92 Å². The summed E-state index contributed by atoms with van der Waals surface area (Å²) < 4.78 is 27.4. The van der Waals surface area contributed by atoms with Gasteiger partial charge in [0.15, 0.2) is 0 Å². The number of hydrogen-bond donors (Lipinski definition) is 2. The summed E-state index contributed by atoms with van der Waals surface area (Å²) in [5.74, 6) is 0. The van der Waals surface area contributed by atoms with E-state index in [0.29, 0.717) is 10.6 Å². The zero-order valence-corrected chi connectivity index (χ0v) is 12.5. The number of nitrogens with one attached hydrogen (secondary N) is 1. The minimum absolute atomic E-state index is 0.0397. The first-order valence-electron chi connectivity index (χ1n) is 6.58. The second-order valence-electron chi connectivity index (χ2n) is 6.24. The molecule has 0 amide bonds. The van der Waals surface area contributed by atoms with Crippen LogP contribution in [0.3, 0.4) is 0 Å². The van der Waals surface area contributed by atoms with Crippen molar-refractivity contribution >= 4 is 15.7 Å². The Balaban J connectivity index is 2.17. The maximum atomic E-state index is 12.3. The molecule has 2 rings (SSSR count). The van der Waals surface area contributed by atoms with Crippen LogP contribution in [0.5, 0.6) is 0 Å². The van der Waals surface area contributed by atoms with Crippen molar-refractivity contribution in [3.8, 4) is 0 Å². The molecule has 0 saturated heterocycles. The summed E-state index contributed by atoms with van der Waals surface area (Å²) in [6, 6.07) is 4.86. The average Bonchev–Trinajstić information content (AvgIpc) is 2.61. The summed E-state index contributed by atoms with van der Waals surface area (Å²) in [5.41, 5.74) is 7.34. The Labute approximate surface area is 115 Å². The molecule has 0 aromatic heterocycles. The number of nitrogens with two attached hydrogens (primary N) is 1. The topological polar surface area (TPSA) is 72.2 Å². The van der Waals surface area contributed by atoms with Crippen LogP contribution < -0.4 is 10.5 Å². The maximum absolute atomic E-state index is 12.3. The third kappa shape index (κ3) is 3.28. The number of nitrogen functional groups attached to an aromatic ring is 1. The van der Waals surface area contributed by atoms with Crippen molar-refractivity contribution in [2.75, 3.05) is 5.73 Å². The molecule has 0 heterocycles. The van der Waals surface area contributed by atoms with Crippen LogP contribution in [0.4, 0.5) is 5.69 Å². The van der Waals surface area contributed by atoms with E-state index in [2.05, 4.69) is 18.6 Å². The third-order valence-corrected chi connectivity index (χ3v) is 5.36. The zero-order valence-electron chi connectivity index (χ0n) is 11.7. The molecule has 1 saturated carbocycles. The van der Waals surface area contributed by atoms with Gasteiger partial charge in [0.05, 0.1) is 4.90 Å². The molecule has 0 bridgehead atoms. The Hall–Kier alpha value is -1.07. The molecule has 1 atom stereocenters. The molecule has 106 valence electrons. The highest BCUT2D eigenvalue weighted by atomic mass is 32.2. The molecule has 1 aromatic carbocycles. The van der Waals surface area contributed by atoms with Gasteiger partial charge in [-0.05, 0) is 55.4 Å². The molecule has 1 fully saturated rings. The van der Waals surface area contributed by atoms with Gasteiger partial charge in [0.2, 0.25) is 10.0 Å². The molecule has 19 heavy (non-hydrogen) atoms. The van der Waals surface area contributed by atoms with Crippen molar-refractivity contribution in [1.29, 1.82) is 0 Å². The molecule has 0 aliphatic heterocycles. The monoisotopic (exact) mass is 282 g/mol. The molecule has 0 radical (unpaired) electrons. The number of hydrogen-bond acceptors (Lipinski definition) is 3. The quantitative estimate of drug-likeness (QED) is 0.836. The molecular formula is C14H22N2O2S. The average molecular weight is 282 g/mol. The minimum Gasteiger partial charge on any atom is -0.399 e. The fourth-order valence-electron chi connectivity index (χ4n) is 2.64. The zero-order chi connectivity index (χ0) is 14.3. The van der Waals surface area contributed by atoms with Gasteiger partial charge in [0, 0.05) is 11.7 Å². The van der Waals surface area contributed by atoms with Gasteiger partial charge in [-0.2, -0.15) is 0 Å². The van der Waals surface area contributed by atoms with Crippen LogP contribution >= 0.6 is 0 Å². The smallest absolute Gasteiger partial charge is 0.240 e. The van der Waals surface area contributed by atoms with E-state index >= 15 is 0 Å². The van der Waals surface area contributed by atoms with E-state index in [4.69, 9.17) is 5.73 Å². The summed E-state index contributed by atoms with van der Waals surface area (Å²) in [6.07, 6.45) is 2.85. The number of anilines is 1. The van der Waals surface area contributed by atoms with Gasteiger partial charge in [-0.15, -0.1) is 0 Å². The van der Waals surface area contributed by atoms with Crippen LogP contribution in [0.15, 0.2) is 23.1 Å². The van der Waals surface area contributed by atoms with Crippen molar-refractivity contribution in [2.24, 2.45) is 5.41 Å². The lowest BCUT2D eigenvalue weighted by molar-refractivity contribution is 0.372. The van der Waals surface area contributed by atoms with Gasteiger partial charge in [-0.25, -0.2) is 13.1 Å². The van der Waals surface area contributed by atoms with Crippen LogP contribution in [0.25, 0.3) is 0 Å². The number of aryl methyl sites for hydroxylation is 1. The van der Waals surface area contributed by atoms with Gasteiger partial charge in [0.1, 0.15) is 0 Å². The first-order valence-corrected chi connectivity index (χ1v) is 8.06. The Bertz CT molecular complexity index is 579. The standard InChI is InChI=1S/C14H22N2O2S/c1-10-8-12(4-5-13(10)15)19(17,18)16-11-6-7-14(2,3)9-11/h4-5,8,11,16H,6-7,9,15H2,1-3H3. The molecular weight excluding hydrogens is 260 g/mol. The fraction of sp³-hybridized carbons (Fsp3) is 0.571. The second kappa shape index (κ2) is 4.80. The number of sulfonamides is 1. The number of benzene rings is 1. The van der Waals surface area contributed by atoms with Crippen LogP contribution in [-0.2, 0) is 10.0 Å². The van der Waals surface area contributed by atoms with E-state index in [1.54, 1.807) is 18.2 Å². The molecule has 0 spiro atoms. The lowest BCUT2D eigenvalue weighted by Gasteiger charge is -2.18. The van der Waals surface area contributed by atoms with E-state index in [9.17, 15) is 8.42 Å². The van der Waals surface area contributed by atoms with E-state index < -0.39 is 10.0 Å². The highest BCUT2D eigenvalue weighted by molar-refractivity contribution is 7.89. The van der Waals surface area contributed by atoms with E-state index in [0.717, 1.165) is 24.8 Å². The lowest BCUT2D eigenvalue weighted by atomic mass is 9.92. The summed E-state index contributed by atoms with van der Waals surface area (Å²) in [7, 11) is -3.44. The van der Waals surface area contributed by atoms with Crippen LogP contribution in [0.2, 0.25) is 0 Å². The third-order valence-electron chi connectivity index (χ3n) is 3.84. The van der Waals surface area contributed by atoms with Gasteiger partial charge >= 0.3 is 0 Å². The Morgan fingerprint density at radius 1 is 1.37 bits per heavy atom. The Morgan fingerprint density at radius 3 is 2.58 bits per heavy atom. The first-order chi connectivity index (χ1) is 8.70. The second-order valence-corrected chi connectivity index (χ2v) is 7.96. The van der Waals surface area contributed by atoms with Crippen molar-refractivity contribution in [3.05, 3.63) is 23.8 Å². The molecule has 5 heteroatoms. The number of rotatable bonds is 3. The van der Waals surface area contributed by atoms with E-state index in [-0.39, 0.29) is 11.5 Å². The van der Waals surface area contributed by atoms with E-state index in [1.165, 1.54) is 0 Å². The van der Waals surface area contributed by atoms with Crippen molar-refractivity contribution in [3.63, 3.8) is 0 Å². The molecule has 4 nitrogen and oxygen atoms in total. The highest BCUT2D eigenvalue weighted by Gasteiger charge is 2.33. The summed E-state index contributed by atoms with van der Waals surface area (Å²) >= 11 is 0. The Morgan fingerprint density at radius 2 is 2.05 bits per heavy atom. The van der Waals surface area contributed by atoms with Gasteiger partial charge in [-0.1, -0.05) is 13.8 Å². The van der Waals surface area contributed by atoms with Gasteiger partial charge in [0.25, 0.3) is 0 Å². The summed E-state index contributed by atoms with van der Waals surface area (Å²) in [5, 5.41) is 0. The molecule has 1 unspecified atom stereocenters. The molecule has 3 N–H and O–H groups in total. The van der Waals surface area contributed by atoms with Crippen molar-refractivity contribution in [2.45, 2.75) is 51.0 Å². The predicted molar refractivity (Wildman–Crippen MR) is 77.3 cm³/mol. The molecule has 1 aromatic rings. The highest BCUT2D eigenvalue weighted by Crippen LogP contribution is 2.37. The van der Waals surface area contributed by atoms with Crippen molar-refractivity contribution < 1.29 is 8.42 Å². The normalized spacial score (nSPS) is 22.6. The molecule has 1 aliphatic carbocycles. The summed E-state index contributed by atoms with van der Waals surface area (Å²) in [6.45, 7) is 6.16. The molecule has 1 aliphatic rings. The fourth-order valence-corrected chi connectivity index (χ4v) is 3.99. The minimum atomic E-state index is -3.44. The van der Waals surface area contributed by atoms with Gasteiger partial charge < -0.3 is 5.73 Å². The largest absolute Gasteiger partial charge is 0.399 e. The lowest BCUT2D eigenvalue weighted by Crippen LogP contribution is -2.33. The maximum Gasteiger partial charge on any atom is 0.240 e. The van der Waals surface area contributed by atoms with Crippen molar-refractivity contribution in [1.82, 2.24) is 4.72 Å². The van der Waals surface area contributed by atoms with Crippen LogP contribution in [0, 0.1) is 12.3 Å². The van der Waals surface area contributed by atoms with Gasteiger partial charge in [-0.3, -0.25) is 0 Å².